The Kier molecular flexibility index (Phi) is 5.61. The van der Waals surface area contributed by atoms with E-state index < -0.39 is 10.0 Å². The number of hydrogen-bond donors (Lipinski definition) is 2. The number of sulfonamides is 1. The Hall–Kier alpha value is -0.620. The molecule has 1 aromatic carbocycles. The van der Waals surface area contributed by atoms with Gasteiger partial charge in [0.15, 0.2) is 0 Å². The van der Waals surface area contributed by atoms with E-state index in [1.165, 1.54) is 0 Å². The maximum atomic E-state index is 12.5. The third-order valence-electron chi connectivity index (χ3n) is 3.30. The number of benzene rings is 1. The molecule has 0 aliphatic carbocycles. The molecule has 0 heterocycles. The monoisotopic (exact) mass is 318 g/mol. The summed E-state index contributed by atoms with van der Waals surface area (Å²) in [7, 11) is -1.82. The first-order valence-corrected chi connectivity index (χ1v) is 8.39. The highest BCUT2D eigenvalue weighted by Gasteiger charge is 2.27. The molecule has 20 heavy (non-hydrogen) atoms. The van der Waals surface area contributed by atoms with Crippen LogP contribution in [0, 0.1) is 5.41 Å². The van der Waals surface area contributed by atoms with Crippen molar-refractivity contribution in [3.05, 3.63) is 28.8 Å². The van der Waals surface area contributed by atoms with Crippen molar-refractivity contribution < 1.29 is 8.42 Å². The van der Waals surface area contributed by atoms with Gasteiger partial charge in [-0.1, -0.05) is 38.4 Å². The summed E-state index contributed by atoms with van der Waals surface area (Å²) in [6.45, 7) is 8.40. The highest BCUT2D eigenvalue weighted by atomic mass is 35.5. The molecule has 0 fully saturated rings. The fraction of sp³-hybridized carbons (Fsp3) is 0.571. The van der Waals surface area contributed by atoms with Gasteiger partial charge in [-0.15, -0.1) is 0 Å². The van der Waals surface area contributed by atoms with Crippen molar-refractivity contribution in [3.8, 4) is 0 Å². The highest BCUT2D eigenvalue weighted by molar-refractivity contribution is 7.89. The predicted octanol–water partition coefficient (Wildman–Crippen LogP) is 2.77. The van der Waals surface area contributed by atoms with Crippen molar-refractivity contribution in [2.75, 3.05) is 7.05 Å². The third kappa shape index (κ3) is 4.45. The van der Waals surface area contributed by atoms with Crippen LogP contribution in [-0.2, 0) is 16.6 Å². The first-order chi connectivity index (χ1) is 9.08. The van der Waals surface area contributed by atoms with Crippen molar-refractivity contribution in [1.82, 2.24) is 10.0 Å². The molecule has 1 atom stereocenters. The van der Waals surface area contributed by atoms with Gasteiger partial charge < -0.3 is 5.32 Å². The lowest BCUT2D eigenvalue weighted by Crippen LogP contribution is -2.41. The van der Waals surface area contributed by atoms with E-state index in [9.17, 15) is 8.42 Å². The molecule has 0 radical (unpaired) electrons. The zero-order chi connectivity index (χ0) is 15.6. The topological polar surface area (TPSA) is 58.2 Å². The second-order valence-electron chi connectivity index (χ2n) is 6.00. The van der Waals surface area contributed by atoms with E-state index in [0.717, 1.165) is 5.56 Å². The van der Waals surface area contributed by atoms with E-state index in [0.29, 0.717) is 6.54 Å². The summed E-state index contributed by atoms with van der Waals surface area (Å²) in [5.41, 5.74) is 0.711. The van der Waals surface area contributed by atoms with E-state index in [1.807, 2.05) is 40.8 Å². The molecular weight excluding hydrogens is 296 g/mol. The van der Waals surface area contributed by atoms with Gasteiger partial charge in [0.1, 0.15) is 4.90 Å². The van der Waals surface area contributed by atoms with Gasteiger partial charge in [-0.25, -0.2) is 13.1 Å². The van der Waals surface area contributed by atoms with Crippen LogP contribution in [-0.4, -0.2) is 21.5 Å². The Balaban J connectivity index is 3.12. The average molecular weight is 319 g/mol. The summed E-state index contributed by atoms with van der Waals surface area (Å²) >= 11 is 6.04. The van der Waals surface area contributed by atoms with Gasteiger partial charge in [-0.3, -0.25) is 0 Å². The molecule has 4 nitrogen and oxygen atoms in total. The van der Waals surface area contributed by atoms with E-state index in [2.05, 4.69) is 10.0 Å². The van der Waals surface area contributed by atoms with E-state index in [4.69, 9.17) is 11.6 Å². The molecular formula is C14H23ClN2O2S. The molecule has 1 rings (SSSR count). The summed E-state index contributed by atoms with van der Waals surface area (Å²) in [4.78, 5) is 0.128. The van der Waals surface area contributed by atoms with Crippen LogP contribution in [0.25, 0.3) is 0 Å². The fourth-order valence-electron chi connectivity index (χ4n) is 1.54. The van der Waals surface area contributed by atoms with Crippen molar-refractivity contribution in [3.63, 3.8) is 0 Å². The van der Waals surface area contributed by atoms with Gasteiger partial charge in [0.05, 0.1) is 5.02 Å². The molecule has 2 N–H and O–H groups in total. The second-order valence-corrected chi connectivity index (χ2v) is 8.09. The number of halogens is 1. The standard InChI is InChI=1S/C14H23ClN2O2S/c1-10(14(2,3)4)17-20(18,19)13-8-11(9-16-5)6-7-12(13)15/h6-8,10,16-17H,9H2,1-5H3. The normalized spacial score (nSPS) is 14.3. The molecule has 0 spiro atoms. The summed E-state index contributed by atoms with van der Waals surface area (Å²) in [6, 6.07) is 4.84. The molecule has 1 unspecified atom stereocenters. The third-order valence-corrected chi connectivity index (χ3v) is 5.32. The van der Waals surface area contributed by atoms with Gasteiger partial charge in [-0.2, -0.15) is 0 Å². The largest absolute Gasteiger partial charge is 0.316 e. The first kappa shape index (κ1) is 17.4. The second kappa shape index (κ2) is 6.43. The van der Waals surface area contributed by atoms with Gasteiger partial charge in [0.25, 0.3) is 0 Å². The van der Waals surface area contributed by atoms with Crippen LogP contribution in [0.1, 0.15) is 33.3 Å². The lowest BCUT2D eigenvalue weighted by Gasteiger charge is -2.28. The van der Waals surface area contributed by atoms with Gasteiger partial charge in [0.2, 0.25) is 10.0 Å². The lowest BCUT2D eigenvalue weighted by atomic mass is 9.89. The molecule has 0 aliphatic rings. The fourth-order valence-corrected chi connectivity index (χ4v) is 3.54. The maximum Gasteiger partial charge on any atom is 0.242 e. The minimum Gasteiger partial charge on any atom is -0.316 e. The summed E-state index contributed by atoms with van der Waals surface area (Å²) in [5, 5.41) is 3.22. The average Bonchev–Trinajstić information content (AvgIpc) is 2.30. The number of nitrogens with one attached hydrogen (secondary N) is 2. The van der Waals surface area contributed by atoms with E-state index in [1.54, 1.807) is 12.1 Å². The summed E-state index contributed by atoms with van der Waals surface area (Å²) in [5.74, 6) is 0. The zero-order valence-electron chi connectivity index (χ0n) is 12.6. The minimum atomic E-state index is -3.62. The van der Waals surface area contributed by atoms with Crippen molar-refractivity contribution in [1.29, 1.82) is 0 Å². The Morgan fingerprint density at radius 1 is 1.30 bits per heavy atom. The van der Waals surface area contributed by atoms with Gasteiger partial charge in [-0.05, 0) is 37.1 Å². The molecule has 0 aromatic heterocycles. The molecule has 0 aliphatic heterocycles. The SMILES string of the molecule is CNCc1ccc(Cl)c(S(=O)(=O)NC(C)C(C)(C)C)c1. The Bertz CT molecular complexity index is 565. The summed E-state index contributed by atoms with van der Waals surface area (Å²) in [6.07, 6.45) is 0. The summed E-state index contributed by atoms with van der Waals surface area (Å²) < 4.78 is 27.6. The van der Waals surface area contributed by atoms with Crippen LogP contribution in [0.15, 0.2) is 23.1 Å². The molecule has 114 valence electrons. The van der Waals surface area contributed by atoms with Crippen LogP contribution >= 0.6 is 11.6 Å². The molecule has 0 amide bonds. The van der Waals surface area contributed by atoms with E-state index >= 15 is 0 Å². The first-order valence-electron chi connectivity index (χ1n) is 6.53. The van der Waals surface area contributed by atoms with Crippen molar-refractivity contribution >= 4 is 21.6 Å². The van der Waals surface area contributed by atoms with Gasteiger partial charge >= 0.3 is 0 Å². The van der Waals surface area contributed by atoms with Crippen LogP contribution in [0.4, 0.5) is 0 Å². The van der Waals surface area contributed by atoms with Crippen LogP contribution in [0.3, 0.4) is 0 Å². The molecule has 0 bridgehead atoms. The van der Waals surface area contributed by atoms with Crippen LogP contribution in [0.2, 0.25) is 5.02 Å². The smallest absolute Gasteiger partial charge is 0.242 e. The quantitative estimate of drug-likeness (QED) is 0.877. The molecule has 6 heteroatoms. The Labute approximate surface area is 127 Å². The highest BCUT2D eigenvalue weighted by Crippen LogP contribution is 2.25. The molecule has 0 saturated carbocycles. The Morgan fingerprint density at radius 3 is 2.40 bits per heavy atom. The van der Waals surface area contributed by atoms with Crippen LogP contribution in [0.5, 0.6) is 0 Å². The lowest BCUT2D eigenvalue weighted by molar-refractivity contribution is 0.317. The van der Waals surface area contributed by atoms with Gasteiger partial charge in [0, 0.05) is 12.6 Å². The van der Waals surface area contributed by atoms with E-state index in [-0.39, 0.29) is 21.4 Å². The minimum absolute atomic E-state index is 0.128. The zero-order valence-corrected chi connectivity index (χ0v) is 14.2. The predicted molar refractivity (Wildman–Crippen MR) is 83.5 cm³/mol. The Morgan fingerprint density at radius 2 is 1.90 bits per heavy atom. The molecule has 1 aromatic rings. The maximum absolute atomic E-state index is 12.5. The number of hydrogen-bond acceptors (Lipinski definition) is 3. The van der Waals surface area contributed by atoms with Crippen molar-refractivity contribution in [2.45, 2.75) is 45.2 Å². The van der Waals surface area contributed by atoms with Crippen LogP contribution < -0.4 is 10.0 Å². The number of rotatable bonds is 5. The van der Waals surface area contributed by atoms with Crippen molar-refractivity contribution in [2.24, 2.45) is 5.41 Å². The molecule has 0 saturated heterocycles.